The Balaban J connectivity index is 0.000000172. The first-order chi connectivity index (χ1) is 25.9. The van der Waals surface area contributed by atoms with E-state index in [1.807, 2.05) is 0 Å². The minimum absolute atomic E-state index is 0.175. The molecule has 0 aromatic heterocycles. The van der Waals surface area contributed by atoms with E-state index in [0.29, 0.717) is 12.1 Å². The van der Waals surface area contributed by atoms with Crippen LogP contribution < -0.4 is 9.47 Å². The van der Waals surface area contributed by atoms with Gasteiger partial charge < -0.3 is 24.8 Å². The Morgan fingerprint density at radius 2 is 1.09 bits per heavy atom. The first-order valence-corrected chi connectivity index (χ1v) is 15.5. The van der Waals surface area contributed by atoms with Crippen LogP contribution in [-0.4, -0.2) is 45.3 Å². The number of ketones is 1. The summed E-state index contributed by atoms with van der Waals surface area (Å²) in [7, 11) is 0. The molecule has 8 nitrogen and oxygen atoms in total. The minimum Gasteiger partial charge on any atom is -0.458 e. The van der Waals surface area contributed by atoms with E-state index in [4.69, 9.17) is 22.6 Å². The van der Waals surface area contributed by atoms with Crippen LogP contribution in [0.5, 0.6) is 23.0 Å². The van der Waals surface area contributed by atoms with Crippen molar-refractivity contribution in [2.24, 2.45) is 0 Å². The van der Waals surface area contributed by atoms with Gasteiger partial charge in [-0.15, -0.1) is 0 Å². The summed E-state index contributed by atoms with van der Waals surface area (Å²) >= 11 is 0. The van der Waals surface area contributed by atoms with Crippen LogP contribution in [-0.2, 0) is 23.0 Å². The number of carbonyl (C=O) groups is 1. The number of ether oxygens (including phenoxy) is 2. The number of alkyl halides is 10. The Morgan fingerprint density at radius 3 is 1.59 bits per heavy atom. The van der Waals surface area contributed by atoms with Crippen LogP contribution in [0.1, 0.15) is 44.3 Å². The predicted molar refractivity (Wildman–Crippen MR) is 163 cm³/mol. The number of aliphatic hydroxyl groups excluding tert-OH is 1. The Morgan fingerprint density at radius 1 is 0.643 bits per heavy atom. The van der Waals surface area contributed by atoms with Gasteiger partial charge in [0.15, 0.2) is 23.1 Å². The molecule has 4 aliphatic carbocycles. The van der Waals surface area contributed by atoms with Gasteiger partial charge in [0.25, 0.3) is 0 Å². The lowest BCUT2D eigenvalue weighted by molar-refractivity contribution is -0.304. The lowest BCUT2D eigenvalue weighted by Crippen LogP contribution is -2.53. The number of hydrogen-bond acceptors (Lipinski definition) is 6. The third-order valence-corrected chi connectivity index (χ3v) is 9.80. The van der Waals surface area contributed by atoms with Crippen LogP contribution in [0.2, 0.25) is 0 Å². The monoisotopic (exact) mass is 800 g/mol. The highest BCUT2D eigenvalue weighted by Gasteiger charge is 2.84. The van der Waals surface area contributed by atoms with Gasteiger partial charge >= 0.3 is 23.7 Å². The maximum Gasteiger partial charge on any atom is 0.350 e. The lowest BCUT2D eigenvalue weighted by atomic mass is 9.93. The zero-order chi connectivity index (χ0) is 41.3. The molecule has 0 saturated carbocycles. The average Bonchev–Trinajstić information content (AvgIpc) is 3.57. The van der Waals surface area contributed by atoms with Crippen LogP contribution in [0, 0.1) is 24.8 Å². The third-order valence-electron chi connectivity index (χ3n) is 9.80. The smallest absolute Gasteiger partial charge is 0.350 e. The van der Waals surface area contributed by atoms with E-state index in [-0.39, 0.29) is 22.9 Å². The molecule has 0 aliphatic heterocycles. The minimum atomic E-state index is -5.28. The molecular weight excluding hydrogens is 784 g/mol. The summed E-state index contributed by atoms with van der Waals surface area (Å²) in [4.78, 5) is 18.2. The normalized spacial score (nSPS) is 27.4. The van der Waals surface area contributed by atoms with Gasteiger partial charge in [-0.2, -0.15) is 35.1 Å². The van der Waals surface area contributed by atoms with Gasteiger partial charge in [-0.3, -0.25) is 4.79 Å². The molecule has 4 aromatic rings. The molecule has 0 heterocycles. The SMILES string of the molecule is [C-]#[N+]c1cc(F)cc(Oc2ccc3c4c2C(=O)[C@@H](F)[C@]4(O)C(F)(F)C3(F)F)c1.[C-]#[N+]c1cc(F)cc(Oc2ccc3c4c2[C@H](O)[C@@H](F)[C@]4(O)C(F)(F)C3(F)F)c1. The van der Waals surface area contributed by atoms with E-state index in [9.17, 15) is 72.8 Å². The Kier molecular flexibility index (Phi) is 8.13. The molecule has 3 N–H and O–H groups in total. The van der Waals surface area contributed by atoms with Crippen LogP contribution in [0.25, 0.3) is 9.69 Å². The highest BCUT2D eigenvalue weighted by molar-refractivity contribution is 6.09. The maximum atomic E-state index is 14.5. The van der Waals surface area contributed by atoms with E-state index in [0.717, 1.165) is 48.5 Å². The second kappa shape index (κ2) is 11.8. The zero-order valence-electron chi connectivity index (χ0n) is 27.0. The van der Waals surface area contributed by atoms with Gasteiger partial charge in [0, 0.05) is 39.9 Å². The van der Waals surface area contributed by atoms with Crippen LogP contribution in [0.15, 0.2) is 60.7 Å². The van der Waals surface area contributed by atoms with Crippen molar-refractivity contribution in [1.82, 2.24) is 0 Å². The Hall–Kier alpha value is -5.83. The van der Waals surface area contributed by atoms with Crippen molar-refractivity contribution in [3.63, 3.8) is 0 Å². The summed E-state index contributed by atoms with van der Waals surface area (Å²) in [6.07, 6.45) is -8.88. The molecule has 0 unspecified atom stereocenters. The molecule has 0 fully saturated rings. The number of Topliss-reactive ketones (excluding diaryl/α,β-unsaturated/α-hetero) is 1. The number of benzene rings is 4. The summed E-state index contributed by atoms with van der Waals surface area (Å²) in [6, 6.07) is 7.99. The van der Waals surface area contributed by atoms with Gasteiger partial charge in [0.1, 0.15) is 40.7 Å². The summed E-state index contributed by atoms with van der Waals surface area (Å²) < 4.78 is 180. The first kappa shape index (κ1) is 38.4. The molecule has 20 heteroatoms. The van der Waals surface area contributed by atoms with Crippen molar-refractivity contribution < 1.29 is 82.3 Å². The largest absolute Gasteiger partial charge is 0.458 e. The molecule has 4 aliphatic rings. The zero-order valence-corrected chi connectivity index (χ0v) is 27.0. The van der Waals surface area contributed by atoms with Crippen molar-refractivity contribution in [2.75, 3.05) is 0 Å². The van der Waals surface area contributed by atoms with Crippen LogP contribution in [0.4, 0.5) is 64.1 Å². The van der Waals surface area contributed by atoms with Gasteiger partial charge in [-0.05, 0) is 48.5 Å². The van der Waals surface area contributed by atoms with Gasteiger partial charge in [-0.1, -0.05) is 0 Å². The molecule has 290 valence electrons. The van der Waals surface area contributed by atoms with Crippen molar-refractivity contribution in [3.8, 4) is 23.0 Å². The molecule has 4 aromatic carbocycles. The summed E-state index contributed by atoms with van der Waals surface area (Å²) in [6.45, 7) is 13.8. The molecular formula is C36H16F12N2O6. The third kappa shape index (κ3) is 4.63. The molecule has 56 heavy (non-hydrogen) atoms. The highest BCUT2D eigenvalue weighted by Crippen LogP contribution is 2.69. The number of hydrogen-bond donors (Lipinski definition) is 3. The molecule has 0 amide bonds. The van der Waals surface area contributed by atoms with E-state index in [1.54, 1.807) is 0 Å². The number of nitrogens with zero attached hydrogens (tertiary/aromatic N) is 2. The number of halogens is 12. The number of aliphatic hydroxyl groups is 3. The topological polar surface area (TPSA) is 105 Å². The van der Waals surface area contributed by atoms with E-state index >= 15 is 0 Å². The number of rotatable bonds is 4. The molecule has 0 spiro atoms. The number of carbonyl (C=O) groups excluding carboxylic acids is 1. The van der Waals surface area contributed by atoms with Crippen molar-refractivity contribution >= 4 is 17.2 Å². The van der Waals surface area contributed by atoms with Crippen molar-refractivity contribution in [3.05, 3.63) is 129 Å². The van der Waals surface area contributed by atoms with E-state index < -0.39 is 116 Å². The molecule has 8 rings (SSSR count). The second-order valence-corrected chi connectivity index (χ2v) is 12.9. The van der Waals surface area contributed by atoms with Crippen molar-refractivity contribution in [2.45, 2.75) is 53.3 Å². The second-order valence-electron chi connectivity index (χ2n) is 12.9. The lowest BCUT2D eigenvalue weighted by Gasteiger charge is -2.32. The van der Waals surface area contributed by atoms with Crippen LogP contribution >= 0.6 is 0 Å². The van der Waals surface area contributed by atoms with Gasteiger partial charge in [0.05, 0.1) is 18.7 Å². The first-order valence-electron chi connectivity index (χ1n) is 15.5. The molecule has 0 bridgehead atoms. The van der Waals surface area contributed by atoms with E-state index in [2.05, 4.69) is 9.69 Å². The average molecular weight is 801 g/mol. The quantitative estimate of drug-likeness (QED) is 0.141. The van der Waals surface area contributed by atoms with E-state index in [1.165, 1.54) is 0 Å². The molecule has 0 saturated heterocycles. The fourth-order valence-electron chi connectivity index (χ4n) is 7.24. The van der Waals surface area contributed by atoms with Gasteiger partial charge in [0.2, 0.25) is 17.6 Å². The predicted octanol–water partition coefficient (Wildman–Crippen LogP) is 9.11. The Bertz CT molecular complexity index is 2480. The fraction of sp³-hybridized carbons (Fsp3) is 0.250. The molecule has 5 atom stereocenters. The Labute approximate surface area is 304 Å². The summed E-state index contributed by atoms with van der Waals surface area (Å²) in [5.41, 5.74) is -15.3. The fourth-order valence-corrected chi connectivity index (χ4v) is 7.24. The highest BCUT2D eigenvalue weighted by atomic mass is 19.3. The van der Waals surface area contributed by atoms with Crippen LogP contribution in [0.3, 0.4) is 0 Å². The summed E-state index contributed by atoms with van der Waals surface area (Å²) in [5, 5.41) is 30.4. The summed E-state index contributed by atoms with van der Waals surface area (Å²) in [5.74, 6) is -25.6. The maximum absolute atomic E-state index is 14.5. The standard InChI is InChI=1S/C18H9F6NO3.C18H7F6NO3/c2*1-25-8-4-7(19)5-9(6-8)28-11-3-2-10-13-12(11)14(26)15(20)16(13,27)18(23,24)17(10,21)22/h2-6,14-15,26-27H;2-6,15,27H/t14-,15+,16-;15-,16+/m01/s1. The molecule has 0 radical (unpaired) electrons. The van der Waals surface area contributed by atoms with Crippen molar-refractivity contribution in [1.29, 1.82) is 0 Å². The van der Waals surface area contributed by atoms with Gasteiger partial charge in [-0.25, -0.2) is 27.3 Å².